The molecule has 0 saturated carbocycles. The molecule has 0 amide bonds. The number of esters is 1. The van der Waals surface area contributed by atoms with Gasteiger partial charge in [0.25, 0.3) is 0 Å². The van der Waals surface area contributed by atoms with Crippen molar-refractivity contribution in [3.8, 4) is 11.5 Å². The largest absolute Gasteiger partial charge is 0.502 e. The van der Waals surface area contributed by atoms with Crippen molar-refractivity contribution in [3.05, 3.63) is 57.6 Å². The van der Waals surface area contributed by atoms with E-state index in [0.717, 1.165) is 6.07 Å². The fraction of sp³-hybridized carbons (Fsp3) is 0.400. The minimum absolute atomic E-state index is 0.00348. The standard InChI is InChI=1S/C20H24O7/c1-4-25-18(23)10-16(13-6-5-7-14(8-13)26-12(2)3)20-19(24)17(22)9-15(11-21)27-20/h5-9,12,16,21,24H,4,10-11H2,1-3H3. The first-order valence-corrected chi connectivity index (χ1v) is 8.74. The topological polar surface area (TPSA) is 106 Å². The zero-order valence-corrected chi connectivity index (χ0v) is 15.6. The zero-order chi connectivity index (χ0) is 20.0. The van der Waals surface area contributed by atoms with Gasteiger partial charge in [-0.3, -0.25) is 9.59 Å². The first kappa shape index (κ1) is 20.5. The highest BCUT2D eigenvalue weighted by Crippen LogP contribution is 2.35. The number of carbonyl (C=O) groups excluding carboxylic acids is 1. The van der Waals surface area contributed by atoms with Crippen molar-refractivity contribution >= 4 is 5.97 Å². The summed E-state index contributed by atoms with van der Waals surface area (Å²) in [4.78, 5) is 24.1. The molecule has 7 nitrogen and oxygen atoms in total. The van der Waals surface area contributed by atoms with Gasteiger partial charge in [0.05, 0.1) is 25.0 Å². The number of hydrogen-bond acceptors (Lipinski definition) is 7. The predicted molar refractivity (Wildman–Crippen MR) is 97.9 cm³/mol. The summed E-state index contributed by atoms with van der Waals surface area (Å²) in [7, 11) is 0. The Morgan fingerprint density at radius 1 is 1.26 bits per heavy atom. The fourth-order valence-electron chi connectivity index (χ4n) is 2.69. The molecule has 27 heavy (non-hydrogen) atoms. The van der Waals surface area contributed by atoms with Gasteiger partial charge in [0.2, 0.25) is 11.2 Å². The average molecular weight is 376 g/mol. The van der Waals surface area contributed by atoms with Crippen LogP contribution < -0.4 is 10.2 Å². The van der Waals surface area contributed by atoms with Crippen LogP contribution >= 0.6 is 0 Å². The van der Waals surface area contributed by atoms with Gasteiger partial charge in [0, 0.05) is 6.07 Å². The Morgan fingerprint density at radius 2 is 2.00 bits per heavy atom. The van der Waals surface area contributed by atoms with E-state index in [9.17, 15) is 19.8 Å². The van der Waals surface area contributed by atoms with Crippen molar-refractivity contribution in [2.24, 2.45) is 0 Å². The molecule has 0 aliphatic carbocycles. The summed E-state index contributed by atoms with van der Waals surface area (Å²) in [5.41, 5.74) is -0.0847. The molecule has 1 atom stereocenters. The maximum absolute atomic E-state index is 12.1. The van der Waals surface area contributed by atoms with Gasteiger partial charge in [-0.15, -0.1) is 0 Å². The summed E-state index contributed by atoms with van der Waals surface area (Å²) in [5, 5.41) is 19.5. The molecule has 0 saturated heterocycles. The molecule has 1 heterocycles. The first-order chi connectivity index (χ1) is 12.8. The number of hydrogen-bond donors (Lipinski definition) is 2. The van der Waals surface area contributed by atoms with Crippen molar-refractivity contribution in [2.75, 3.05) is 6.61 Å². The van der Waals surface area contributed by atoms with Crippen molar-refractivity contribution in [2.45, 2.75) is 45.8 Å². The van der Waals surface area contributed by atoms with Crippen LogP contribution in [0.2, 0.25) is 0 Å². The van der Waals surface area contributed by atoms with E-state index in [1.165, 1.54) is 0 Å². The first-order valence-electron chi connectivity index (χ1n) is 8.74. The van der Waals surface area contributed by atoms with Crippen LogP contribution in [0.15, 0.2) is 39.5 Å². The minimum Gasteiger partial charge on any atom is -0.502 e. The molecule has 2 rings (SSSR count). The van der Waals surface area contributed by atoms with E-state index in [-0.39, 0.29) is 30.7 Å². The number of carbonyl (C=O) groups is 1. The Bertz CT molecular complexity index is 838. The van der Waals surface area contributed by atoms with Crippen LogP contribution in [0, 0.1) is 0 Å². The number of aliphatic hydroxyl groups is 1. The van der Waals surface area contributed by atoms with Crippen LogP contribution in [0.1, 0.15) is 50.2 Å². The lowest BCUT2D eigenvalue weighted by Gasteiger charge is -2.19. The summed E-state index contributed by atoms with van der Waals surface area (Å²) in [5.74, 6) is -1.40. The number of benzene rings is 1. The third-order valence-corrected chi connectivity index (χ3v) is 3.78. The number of rotatable bonds is 8. The summed E-state index contributed by atoms with van der Waals surface area (Å²) in [6.45, 7) is 5.16. The smallest absolute Gasteiger partial charge is 0.306 e. The van der Waals surface area contributed by atoms with Gasteiger partial charge in [-0.1, -0.05) is 12.1 Å². The van der Waals surface area contributed by atoms with Gasteiger partial charge >= 0.3 is 5.97 Å². The summed E-state index contributed by atoms with van der Waals surface area (Å²) >= 11 is 0. The maximum Gasteiger partial charge on any atom is 0.306 e. The van der Waals surface area contributed by atoms with Crippen LogP contribution in [-0.4, -0.2) is 28.9 Å². The Labute approximate surface area is 157 Å². The molecule has 0 fully saturated rings. The number of aromatic hydroxyl groups is 1. The second kappa shape index (κ2) is 9.23. The lowest BCUT2D eigenvalue weighted by Crippen LogP contribution is -2.15. The Balaban J connectivity index is 2.54. The summed E-state index contributed by atoms with van der Waals surface area (Å²) in [6, 6.07) is 7.98. The molecule has 1 unspecified atom stereocenters. The van der Waals surface area contributed by atoms with Crippen molar-refractivity contribution in [1.29, 1.82) is 0 Å². The highest BCUT2D eigenvalue weighted by atomic mass is 16.5. The van der Waals surface area contributed by atoms with E-state index in [1.54, 1.807) is 31.2 Å². The highest BCUT2D eigenvalue weighted by Gasteiger charge is 2.27. The minimum atomic E-state index is -0.779. The average Bonchev–Trinajstić information content (AvgIpc) is 2.62. The van der Waals surface area contributed by atoms with Gasteiger partial charge in [-0.05, 0) is 38.5 Å². The van der Waals surface area contributed by atoms with Crippen LogP contribution in [0.25, 0.3) is 0 Å². The lowest BCUT2D eigenvalue weighted by molar-refractivity contribution is -0.143. The highest BCUT2D eigenvalue weighted by molar-refractivity contribution is 5.71. The molecule has 0 aliphatic heterocycles. The van der Waals surface area contributed by atoms with Gasteiger partial charge in [-0.25, -0.2) is 0 Å². The van der Waals surface area contributed by atoms with E-state index >= 15 is 0 Å². The van der Waals surface area contributed by atoms with Crippen molar-refractivity contribution in [3.63, 3.8) is 0 Å². The molecule has 7 heteroatoms. The summed E-state index contributed by atoms with van der Waals surface area (Å²) in [6.07, 6.45) is -0.197. The lowest BCUT2D eigenvalue weighted by atomic mass is 9.92. The molecule has 0 bridgehead atoms. The maximum atomic E-state index is 12.1. The molecular weight excluding hydrogens is 352 g/mol. The van der Waals surface area contributed by atoms with Crippen molar-refractivity contribution in [1.82, 2.24) is 0 Å². The predicted octanol–water partition coefficient (Wildman–Crippen LogP) is 2.71. The van der Waals surface area contributed by atoms with Crippen LogP contribution in [0.5, 0.6) is 11.5 Å². The third kappa shape index (κ3) is 5.34. The fourth-order valence-corrected chi connectivity index (χ4v) is 2.69. The van der Waals surface area contributed by atoms with E-state index in [2.05, 4.69) is 0 Å². The van der Waals surface area contributed by atoms with Crippen LogP contribution in [-0.2, 0) is 16.1 Å². The molecule has 146 valence electrons. The Hall–Kier alpha value is -2.80. The quantitative estimate of drug-likeness (QED) is 0.682. The third-order valence-electron chi connectivity index (χ3n) is 3.78. The van der Waals surface area contributed by atoms with E-state index < -0.39 is 29.7 Å². The molecule has 1 aromatic heterocycles. The summed E-state index contributed by atoms with van der Waals surface area (Å²) < 4.78 is 16.2. The van der Waals surface area contributed by atoms with Crippen molar-refractivity contribution < 1.29 is 28.9 Å². The van der Waals surface area contributed by atoms with E-state index in [4.69, 9.17) is 13.9 Å². The molecule has 1 aromatic carbocycles. The monoisotopic (exact) mass is 376 g/mol. The SMILES string of the molecule is CCOC(=O)CC(c1cccc(OC(C)C)c1)c1oc(CO)cc(=O)c1O. The molecule has 0 radical (unpaired) electrons. The second-order valence-electron chi connectivity index (χ2n) is 6.25. The number of aliphatic hydroxyl groups excluding tert-OH is 1. The molecule has 0 spiro atoms. The Morgan fingerprint density at radius 3 is 2.63 bits per heavy atom. The Kier molecular flexibility index (Phi) is 7.01. The number of ether oxygens (including phenoxy) is 2. The second-order valence-corrected chi connectivity index (χ2v) is 6.25. The normalized spacial score (nSPS) is 12.0. The van der Waals surface area contributed by atoms with Gasteiger partial charge < -0.3 is 24.1 Å². The van der Waals surface area contributed by atoms with E-state index in [1.807, 2.05) is 13.8 Å². The molecule has 2 N–H and O–H groups in total. The van der Waals surface area contributed by atoms with E-state index in [0.29, 0.717) is 11.3 Å². The zero-order valence-electron chi connectivity index (χ0n) is 15.6. The molecule has 2 aromatic rings. The molecular formula is C20H24O7. The molecule has 0 aliphatic rings. The van der Waals surface area contributed by atoms with Crippen LogP contribution in [0.3, 0.4) is 0 Å². The van der Waals surface area contributed by atoms with Gasteiger partial charge in [0.15, 0.2) is 5.76 Å². The van der Waals surface area contributed by atoms with Gasteiger partial charge in [0.1, 0.15) is 18.1 Å². The van der Waals surface area contributed by atoms with Gasteiger partial charge in [-0.2, -0.15) is 0 Å². The van der Waals surface area contributed by atoms with Crippen LogP contribution in [0.4, 0.5) is 0 Å².